The van der Waals surface area contributed by atoms with Gasteiger partial charge in [0.15, 0.2) is 0 Å². The Balaban J connectivity index is 1.88. The molecule has 3 nitrogen and oxygen atoms in total. The summed E-state index contributed by atoms with van der Waals surface area (Å²) in [5.41, 5.74) is 0.788. The van der Waals surface area contributed by atoms with E-state index in [1.165, 1.54) is 18.6 Å². The van der Waals surface area contributed by atoms with Crippen LogP contribution in [0.1, 0.15) is 31.1 Å². The van der Waals surface area contributed by atoms with Crippen LogP contribution >= 0.6 is 0 Å². The van der Waals surface area contributed by atoms with Gasteiger partial charge in [-0.25, -0.2) is 4.39 Å². The van der Waals surface area contributed by atoms with E-state index >= 15 is 0 Å². The molecule has 1 fully saturated rings. The smallest absolute Gasteiger partial charge is 0.230 e. The van der Waals surface area contributed by atoms with E-state index in [1.807, 2.05) is 0 Å². The van der Waals surface area contributed by atoms with E-state index in [0.717, 1.165) is 18.4 Å². The molecular formula is C12H11FN2O. The Labute approximate surface area is 92.3 Å². The van der Waals surface area contributed by atoms with Crippen molar-refractivity contribution in [1.82, 2.24) is 10.1 Å². The van der Waals surface area contributed by atoms with Crippen LogP contribution in [-0.2, 0) is 0 Å². The second-order valence-corrected chi connectivity index (χ2v) is 4.09. The second-order valence-electron chi connectivity index (χ2n) is 4.09. The van der Waals surface area contributed by atoms with Crippen LogP contribution in [-0.4, -0.2) is 10.1 Å². The molecule has 1 aromatic carbocycles. The number of benzene rings is 1. The third kappa shape index (κ3) is 1.60. The van der Waals surface area contributed by atoms with Crippen LogP contribution in [0.3, 0.4) is 0 Å². The maximum absolute atomic E-state index is 12.7. The second kappa shape index (κ2) is 3.70. The lowest BCUT2D eigenvalue weighted by molar-refractivity contribution is 0.292. The highest BCUT2D eigenvalue weighted by atomic mass is 19.1. The number of halogens is 1. The summed E-state index contributed by atoms with van der Waals surface area (Å²) in [7, 11) is 0. The predicted molar refractivity (Wildman–Crippen MR) is 56.3 cm³/mol. The summed E-state index contributed by atoms with van der Waals surface area (Å²) >= 11 is 0. The lowest BCUT2D eigenvalue weighted by Crippen LogP contribution is -2.08. The summed E-state index contributed by atoms with van der Waals surface area (Å²) in [4.78, 5) is 4.33. The van der Waals surface area contributed by atoms with Crippen molar-refractivity contribution >= 4 is 0 Å². The van der Waals surface area contributed by atoms with E-state index in [2.05, 4.69) is 10.1 Å². The molecule has 0 unspecified atom stereocenters. The minimum absolute atomic E-state index is 0.258. The number of hydrogen-bond acceptors (Lipinski definition) is 3. The van der Waals surface area contributed by atoms with Gasteiger partial charge in [-0.2, -0.15) is 4.98 Å². The van der Waals surface area contributed by atoms with Crippen molar-refractivity contribution in [1.29, 1.82) is 0 Å². The molecule has 0 amide bonds. The predicted octanol–water partition coefficient (Wildman–Crippen LogP) is 3.14. The highest BCUT2D eigenvalue weighted by Gasteiger charge is 2.25. The Morgan fingerprint density at radius 2 is 1.94 bits per heavy atom. The summed E-state index contributed by atoms with van der Waals surface area (Å²) in [5.74, 6) is 1.43. The molecule has 1 aromatic heterocycles. The summed E-state index contributed by atoms with van der Waals surface area (Å²) in [6.45, 7) is 0. The van der Waals surface area contributed by atoms with E-state index in [-0.39, 0.29) is 5.82 Å². The van der Waals surface area contributed by atoms with Crippen molar-refractivity contribution in [3.05, 3.63) is 36.0 Å². The van der Waals surface area contributed by atoms with Crippen LogP contribution in [0.2, 0.25) is 0 Å². The standard InChI is InChI=1S/C12H11FN2O/c13-10-6-4-8(5-7-10)11-14-12(16-15-11)9-2-1-3-9/h4-7,9H,1-3H2. The highest BCUT2D eigenvalue weighted by Crippen LogP contribution is 2.35. The zero-order chi connectivity index (χ0) is 11.0. The molecule has 0 bridgehead atoms. The fraction of sp³-hybridized carbons (Fsp3) is 0.333. The Bertz CT molecular complexity index is 488. The molecule has 1 aliphatic carbocycles. The molecule has 16 heavy (non-hydrogen) atoms. The summed E-state index contributed by atoms with van der Waals surface area (Å²) in [6.07, 6.45) is 3.50. The van der Waals surface area contributed by atoms with Crippen molar-refractivity contribution in [2.75, 3.05) is 0 Å². The molecule has 0 atom stereocenters. The quantitative estimate of drug-likeness (QED) is 0.777. The average Bonchev–Trinajstić information content (AvgIpc) is 2.65. The van der Waals surface area contributed by atoms with Gasteiger partial charge in [0.25, 0.3) is 0 Å². The van der Waals surface area contributed by atoms with Gasteiger partial charge < -0.3 is 4.52 Å². The largest absolute Gasteiger partial charge is 0.339 e. The Kier molecular flexibility index (Phi) is 2.20. The fourth-order valence-corrected chi connectivity index (χ4v) is 1.77. The van der Waals surface area contributed by atoms with Gasteiger partial charge in [0.1, 0.15) is 5.82 Å². The van der Waals surface area contributed by atoms with Crippen LogP contribution in [0.5, 0.6) is 0 Å². The Morgan fingerprint density at radius 3 is 2.56 bits per heavy atom. The molecule has 1 aliphatic rings. The van der Waals surface area contributed by atoms with Gasteiger partial charge in [0.2, 0.25) is 11.7 Å². The van der Waals surface area contributed by atoms with Crippen LogP contribution in [0, 0.1) is 5.82 Å². The first-order valence-electron chi connectivity index (χ1n) is 5.42. The molecule has 0 N–H and O–H groups in total. The summed E-state index contributed by atoms with van der Waals surface area (Å²) in [5, 5.41) is 3.91. The van der Waals surface area contributed by atoms with E-state index < -0.39 is 0 Å². The molecule has 1 heterocycles. The van der Waals surface area contributed by atoms with Gasteiger partial charge in [-0.05, 0) is 37.1 Å². The van der Waals surface area contributed by atoms with Gasteiger partial charge in [-0.1, -0.05) is 11.6 Å². The topological polar surface area (TPSA) is 38.9 Å². The molecular weight excluding hydrogens is 207 g/mol. The van der Waals surface area contributed by atoms with Gasteiger partial charge in [0.05, 0.1) is 0 Å². The van der Waals surface area contributed by atoms with Crippen molar-refractivity contribution in [3.63, 3.8) is 0 Å². The molecule has 82 valence electrons. The first kappa shape index (κ1) is 9.51. The minimum Gasteiger partial charge on any atom is -0.339 e. The van der Waals surface area contributed by atoms with Crippen molar-refractivity contribution < 1.29 is 8.91 Å². The normalized spacial score (nSPS) is 16.1. The number of aromatic nitrogens is 2. The molecule has 4 heteroatoms. The van der Waals surface area contributed by atoms with Crippen molar-refractivity contribution in [2.24, 2.45) is 0 Å². The maximum Gasteiger partial charge on any atom is 0.230 e. The van der Waals surface area contributed by atoms with Crippen LogP contribution < -0.4 is 0 Å². The lowest BCUT2D eigenvalue weighted by atomic mass is 9.85. The first-order valence-corrected chi connectivity index (χ1v) is 5.42. The maximum atomic E-state index is 12.7. The Morgan fingerprint density at radius 1 is 1.19 bits per heavy atom. The number of rotatable bonds is 2. The number of nitrogens with zero attached hydrogens (tertiary/aromatic N) is 2. The minimum atomic E-state index is -0.258. The summed E-state index contributed by atoms with van der Waals surface area (Å²) < 4.78 is 17.9. The van der Waals surface area contributed by atoms with Crippen molar-refractivity contribution in [2.45, 2.75) is 25.2 Å². The zero-order valence-corrected chi connectivity index (χ0v) is 8.69. The molecule has 0 saturated heterocycles. The SMILES string of the molecule is Fc1ccc(-c2noc(C3CCC3)n2)cc1. The monoisotopic (exact) mass is 218 g/mol. The van der Waals surface area contributed by atoms with E-state index in [0.29, 0.717) is 17.6 Å². The lowest BCUT2D eigenvalue weighted by Gasteiger charge is -2.20. The van der Waals surface area contributed by atoms with Gasteiger partial charge >= 0.3 is 0 Å². The third-order valence-electron chi connectivity index (χ3n) is 3.00. The molecule has 3 rings (SSSR count). The van der Waals surface area contributed by atoms with E-state index in [4.69, 9.17) is 4.52 Å². The number of hydrogen-bond donors (Lipinski definition) is 0. The van der Waals surface area contributed by atoms with Crippen LogP contribution in [0.4, 0.5) is 4.39 Å². The zero-order valence-electron chi connectivity index (χ0n) is 8.69. The first-order chi connectivity index (χ1) is 7.83. The molecule has 0 radical (unpaired) electrons. The van der Waals surface area contributed by atoms with Gasteiger partial charge in [-0.15, -0.1) is 0 Å². The van der Waals surface area contributed by atoms with Crippen LogP contribution in [0.25, 0.3) is 11.4 Å². The average molecular weight is 218 g/mol. The molecule has 1 saturated carbocycles. The highest BCUT2D eigenvalue weighted by molar-refractivity contribution is 5.53. The fourth-order valence-electron chi connectivity index (χ4n) is 1.77. The van der Waals surface area contributed by atoms with E-state index in [1.54, 1.807) is 12.1 Å². The third-order valence-corrected chi connectivity index (χ3v) is 3.00. The Hall–Kier alpha value is -1.71. The van der Waals surface area contributed by atoms with Crippen molar-refractivity contribution in [3.8, 4) is 11.4 Å². The van der Waals surface area contributed by atoms with Crippen LogP contribution in [0.15, 0.2) is 28.8 Å². The molecule has 0 aliphatic heterocycles. The van der Waals surface area contributed by atoms with E-state index in [9.17, 15) is 4.39 Å². The summed E-state index contributed by atoms with van der Waals surface area (Å²) in [6, 6.07) is 6.11. The van der Waals surface area contributed by atoms with Gasteiger partial charge in [-0.3, -0.25) is 0 Å². The molecule has 0 spiro atoms. The van der Waals surface area contributed by atoms with Gasteiger partial charge in [0, 0.05) is 11.5 Å². The molecule has 2 aromatic rings.